The molecule has 1 unspecified atom stereocenters. The van der Waals surface area contributed by atoms with Crippen molar-refractivity contribution in [3.8, 4) is 55.6 Å². The van der Waals surface area contributed by atoms with E-state index in [0.29, 0.717) is 0 Å². The van der Waals surface area contributed by atoms with Crippen LogP contribution in [0.3, 0.4) is 0 Å². The normalized spacial score (nSPS) is 15.8. The smallest absolute Gasteiger partial charge is 0.0754 e. The molecule has 2 heterocycles. The molecular formula is C97H58N2. The van der Waals surface area contributed by atoms with E-state index in [4.69, 9.17) is 0 Å². The van der Waals surface area contributed by atoms with Crippen LogP contribution in [-0.4, -0.2) is 0 Å². The Kier molecular flexibility index (Phi) is 10.5. The van der Waals surface area contributed by atoms with Gasteiger partial charge < -0.3 is 9.80 Å². The van der Waals surface area contributed by atoms with Crippen molar-refractivity contribution < 1.29 is 0 Å². The van der Waals surface area contributed by atoms with Gasteiger partial charge in [-0.05, 0) is 197 Å². The van der Waals surface area contributed by atoms with Gasteiger partial charge >= 0.3 is 0 Å². The highest BCUT2D eigenvalue weighted by atomic mass is 15.2. The topological polar surface area (TPSA) is 6.48 Å². The largest absolute Gasteiger partial charge is 0.309 e. The maximum absolute atomic E-state index is 2.62. The molecular weight excluding hydrogens is 1190 g/mol. The Bertz CT molecular complexity index is 6040. The van der Waals surface area contributed by atoms with E-state index in [0.717, 1.165) is 11.4 Å². The van der Waals surface area contributed by atoms with Crippen molar-refractivity contribution in [2.24, 2.45) is 0 Å². The predicted molar refractivity (Wildman–Crippen MR) is 409 cm³/mol. The molecule has 4 aliphatic carbocycles. The van der Waals surface area contributed by atoms with Gasteiger partial charge in [0.15, 0.2) is 0 Å². The number of benzene rings is 17. The second kappa shape index (κ2) is 19.3. The number of hydrogen-bond donors (Lipinski definition) is 0. The number of rotatable bonds is 3. The zero-order valence-corrected chi connectivity index (χ0v) is 53.9. The van der Waals surface area contributed by atoms with Gasteiger partial charge in [0, 0.05) is 10.8 Å². The summed E-state index contributed by atoms with van der Waals surface area (Å²) in [5.41, 5.74) is 33.6. The Morgan fingerprint density at radius 2 is 0.414 bits per heavy atom. The van der Waals surface area contributed by atoms with Crippen molar-refractivity contribution in [2.75, 3.05) is 9.80 Å². The highest BCUT2D eigenvalue weighted by Gasteiger charge is 2.56. The monoisotopic (exact) mass is 1250 g/mol. The molecule has 0 amide bonds. The molecule has 0 saturated carbocycles. The molecule has 99 heavy (non-hydrogen) atoms. The number of hydrogen-bond acceptors (Lipinski definition) is 2. The summed E-state index contributed by atoms with van der Waals surface area (Å²) in [6.45, 7) is 0. The molecule has 17 aromatic carbocycles. The van der Waals surface area contributed by atoms with E-state index < -0.39 is 16.2 Å². The van der Waals surface area contributed by atoms with Crippen LogP contribution in [0.25, 0.3) is 98.7 Å². The lowest BCUT2D eigenvalue weighted by atomic mass is 9.64. The van der Waals surface area contributed by atoms with Gasteiger partial charge in [-0.25, -0.2) is 0 Å². The minimum Gasteiger partial charge on any atom is -0.309 e. The van der Waals surface area contributed by atoms with Gasteiger partial charge in [0.05, 0.1) is 50.4 Å². The van der Waals surface area contributed by atoms with E-state index in [9.17, 15) is 0 Å². The Balaban J connectivity index is 0.849. The van der Waals surface area contributed by atoms with Gasteiger partial charge in [0.25, 0.3) is 0 Å². The first-order valence-electron chi connectivity index (χ1n) is 34.8. The minimum atomic E-state index is -0.641. The molecule has 0 radical (unpaired) electrons. The average molecular weight is 1250 g/mol. The summed E-state index contributed by atoms with van der Waals surface area (Å²) in [5.74, 6) is 0. The summed E-state index contributed by atoms with van der Waals surface area (Å²) in [5, 5.41) is 9.87. The highest BCUT2D eigenvalue weighted by Crippen LogP contribution is 2.70. The highest BCUT2D eigenvalue weighted by molar-refractivity contribution is 6.24. The fraction of sp³-hybridized carbons (Fsp3) is 0.0309. The number of anilines is 6. The predicted octanol–water partition coefficient (Wildman–Crippen LogP) is 24.6. The molecule has 0 bridgehead atoms. The van der Waals surface area contributed by atoms with Gasteiger partial charge in [0.1, 0.15) is 0 Å². The number of fused-ring (bicyclic) bond motifs is 35. The third-order valence-electron chi connectivity index (χ3n) is 23.8. The van der Waals surface area contributed by atoms with Crippen molar-refractivity contribution in [3.05, 3.63) is 419 Å². The third kappa shape index (κ3) is 6.37. The lowest BCUT2D eigenvalue weighted by molar-refractivity contribution is 0.753. The standard InChI is InChI=1S/C97H58N2/c1-3-34-65-59(28-1)60-29-2-4-35-68(60)94-93(65)70-37-10-16-46-79(70)97(94)78-45-15-9-36-69(78)92-71(40-25-51-84(92)97)91-66-38-26-56-85(98-87-52-21-17-47-80(87)95(81-48-18-22-53-88(81)98)74-41-11-5-30-61(74)62-31-6-12-42-75(62)95)72(66)58-73-67(91)39-27-57-86(73)99-89-54-23-19-49-82(89)96(83-50-20-24-55-90(83)99)76-43-13-7-32-63(76)64-33-8-14-44-77(64)96/h1-58H. The summed E-state index contributed by atoms with van der Waals surface area (Å²) in [7, 11) is 0. The molecule has 1 atom stereocenters. The van der Waals surface area contributed by atoms with Crippen LogP contribution in [0.1, 0.15) is 66.8 Å². The van der Waals surface area contributed by atoms with Crippen molar-refractivity contribution in [3.63, 3.8) is 0 Å². The molecule has 2 heteroatoms. The molecule has 3 spiro atoms. The lowest BCUT2D eigenvalue weighted by Crippen LogP contribution is -2.36. The third-order valence-corrected chi connectivity index (χ3v) is 23.8. The fourth-order valence-corrected chi connectivity index (χ4v) is 20.5. The average Bonchev–Trinajstić information content (AvgIpc) is 1.54. The van der Waals surface area contributed by atoms with Gasteiger partial charge in [-0.15, -0.1) is 0 Å². The van der Waals surface area contributed by atoms with Crippen LogP contribution in [0, 0.1) is 0 Å². The van der Waals surface area contributed by atoms with E-state index in [2.05, 4.69) is 362 Å². The van der Waals surface area contributed by atoms with Crippen molar-refractivity contribution in [2.45, 2.75) is 16.2 Å². The first kappa shape index (κ1) is 53.6. The summed E-state index contributed by atoms with van der Waals surface area (Å²) in [6.07, 6.45) is 0. The summed E-state index contributed by atoms with van der Waals surface area (Å²) in [4.78, 5) is 5.23. The van der Waals surface area contributed by atoms with Crippen LogP contribution in [0.15, 0.2) is 352 Å². The van der Waals surface area contributed by atoms with Crippen LogP contribution >= 0.6 is 0 Å². The molecule has 0 aromatic heterocycles. The molecule has 17 aromatic rings. The summed E-state index contributed by atoms with van der Waals surface area (Å²) >= 11 is 0. The Morgan fingerprint density at radius 3 is 0.838 bits per heavy atom. The molecule has 2 nitrogen and oxygen atoms in total. The van der Waals surface area contributed by atoms with Crippen LogP contribution in [0.2, 0.25) is 0 Å². The van der Waals surface area contributed by atoms with Crippen molar-refractivity contribution in [1.29, 1.82) is 0 Å². The van der Waals surface area contributed by atoms with E-state index in [-0.39, 0.29) is 0 Å². The van der Waals surface area contributed by atoms with Gasteiger partial charge in [0.2, 0.25) is 0 Å². The van der Waals surface area contributed by atoms with Crippen molar-refractivity contribution >= 4 is 77.2 Å². The lowest BCUT2D eigenvalue weighted by Gasteiger charge is -2.45. The number of para-hydroxylation sites is 4. The van der Waals surface area contributed by atoms with E-state index in [1.165, 1.54) is 188 Å². The van der Waals surface area contributed by atoms with E-state index in [1.807, 2.05) is 0 Å². The Morgan fingerprint density at radius 1 is 0.152 bits per heavy atom. The zero-order valence-electron chi connectivity index (χ0n) is 53.9. The summed E-state index contributed by atoms with van der Waals surface area (Å²) < 4.78 is 0. The molecule has 2 aliphatic heterocycles. The Labute approximate surface area is 573 Å². The van der Waals surface area contributed by atoms with E-state index in [1.54, 1.807) is 0 Å². The molecule has 456 valence electrons. The molecule has 23 rings (SSSR count). The molecule has 0 saturated heterocycles. The van der Waals surface area contributed by atoms with Gasteiger partial charge in [-0.3, -0.25) is 0 Å². The molecule has 6 aliphatic rings. The SMILES string of the molecule is c1ccc2c(c1)-c1ccccc1C21c2ccccc2N(c2cccc3c(-c4cccc5c4-c4ccccc4C54c5ccccc5-c5c4c4ccccc4c4ccccc54)c4cccc(N5c6ccccc6C6(c7ccccc7-c7ccccc76)c6ccccc65)c4cc23)c2ccccc21. The quantitative estimate of drug-likeness (QED) is 0.128. The maximum Gasteiger partial charge on any atom is 0.0754 e. The van der Waals surface area contributed by atoms with Gasteiger partial charge in [-0.2, -0.15) is 0 Å². The number of nitrogens with zero attached hydrogens (tertiary/aromatic N) is 2. The minimum absolute atomic E-state index is 0.567. The van der Waals surface area contributed by atoms with Crippen LogP contribution < -0.4 is 9.80 Å². The fourth-order valence-electron chi connectivity index (χ4n) is 20.5. The molecule has 0 fully saturated rings. The van der Waals surface area contributed by atoms with E-state index >= 15 is 0 Å². The second-order valence-electron chi connectivity index (χ2n) is 27.8. The van der Waals surface area contributed by atoms with Crippen LogP contribution in [0.4, 0.5) is 34.1 Å². The van der Waals surface area contributed by atoms with Crippen molar-refractivity contribution in [1.82, 2.24) is 0 Å². The molecule has 0 N–H and O–H groups in total. The maximum atomic E-state index is 2.62. The summed E-state index contributed by atoms with van der Waals surface area (Å²) in [6, 6.07) is 135. The van der Waals surface area contributed by atoms with Crippen LogP contribution in [0.5, 0.6) is 0 Å². The van der Waals surface area contributed by atoms with Gasteiger partial charge in [-0.1, -0.05) is 309 Å². The zero-order chi connectivity index (χ0) is 64.5. The second-order valence-corrected chi connectivity index (χ2v) is 27.8. The first-order chi connectivity index (χ1) is 49.2. The van der Waals surface area contributed by atoms with Crippen LogP contribution in [-0.2, 0) is 16.2 Å². The Hall–Kier alpha value is -12.6. The first-order valence-corrected chi connectivity index (χ1v) is 34.8.